The van der Waals surface area contributed by atoms with Crippen LogP contribution in [0.25, 0.3) is 65.7 Å². The number of hydrogen-bond donors (Lipinski definition) is 1. The minimum Gasteiger partial charge on any atom is -0.486 e. The van der Waals surface area contributed by atoms with E-state index in [4.69, 9.17) is 10.5 Å². The van der Waals surface area contributed by atoms with Gasteiger partial charge in [0.1, 0.15) is 6.61 Å². The van der Waals surface area contributed by atoms with E-state index >= 15 is 0 Å². The maximum absolute atomic E-state index is 6.52. The second kappa shape index (κ2) is 15.1. The van der Waals surface area contributed by atoms with Crippen molar-refractivity contribution in [2.75, 3.05) is 10.6 Å². The van der Waals surface area contributed by atoms with Crippen molar-refractivity contribution in [3.63, 3.8) is 0 Å². The molecular formula is C55H40N2O. The summed E-state index contributed by atoms with van der Waals surface area (Å²) in [6.07, 6.45) is 0. The standard InChI is InChI=1S/C55H40N2O/c56-54-34-26-45-36-44(25-31-51(45)55(54)58-37-38-19-20-40-13-7-8-14-43(40)35-38)50-33-32-49(52-17-9-10-18-53(50)52)42-23-29-48(30-24-42)57(46-15-5-2-6-16-46)47-27-21-41(22-28-47)39-11-3-1-4-12-39/h1-36H,37,56H2. The van der Waals surface area contributed by atoms with Crippen LogP contribution in [0.4, 0.5) is 22.7 Å². The van der Waals surface area contributed by atoms with Crippen LogP contribution in [-0.4, -0.2) is 0 Å². The van der Waals surface area contributed by atoms with Gasteiger partial charge in [0.15, 0.2) is 5.75 Å². The SMILES string of the molecule is Nc1ccc2cc(-c3ccc(-c4ccc(N(c5ccccc5)c5ccc(-c6ccccc6)cc5)cc4)c4ccccc34)ccc2c1OCc1ccc2ccccc2c1. The van der Waals surface area contributed by atoms with E-state index in [9.17, 15) is 0 Å². The molecule has 0 aromatic heterocycles. The van der Waals surface area contributed by atoms with Crippen molar-refractivity contribution in [1.29, 1.82) is 0 Å². The number of hydrogen-bond acceptors (Lipinski definition) is 3. The Balaban J connectivity index is 0.956. The molecule has 0 spiro atoms. The predicted molar refractivity (Wildman–Crippen MR) is 245 cm³/mol. The first-order valence-corrected chi connectivity index (χ1v) is 19.7. The molecule has 0 radical (unpaired) electrons. The molecule has 0 saturated heterocycles. The second-order valence-electron chi connectivity index (χ2n) is 14.7. The average Bonchev–Trinajstić information content (AvgIpc) is 3.29. The molecule has 3 nitrogen and oxygen atoms in total. The molecule has 0 aliphatic carbocycles. The Labute approximate surface area is 338 Å². The molecule has 2 N–H and O–H groups in total. The van der Waals surface area contributed by atoms with Gasteiger partial charge >= 0.3 is 0 Å². The van der Waals surface area contributed by atoms with Gasteiger partial charge in [-0.25, -0.2) is 0 Å². The van der Waals surface area contributed by atoms with Crippen LogP contribution in [0.15, 0.2) is 218 Å². The Hall–Kier alpha value is -7.62. The Morgan fingerprint density at radius 2 is 0.897 bits per heavy atom. The summed E-state index contributed by atoms with van der Waals surface area (Å²) < 4.78 is 6.43. The van der Waals surface area contributed by atoms with Crippen molar-refractivity contribution >= 4 is 55.1 Å². The fourth-order valence-corrected chi connectivity index (χ4v) is 8.18. The third-order valence-corrected chi connectivity index (χ3v) is 11.1. The van der Waals surface area contributed by atoms with Crippen LogP contribution in [0, 0.1) is 0 Å². The zero-order chi connectivity index (χ0) is 38.8. The van der Waals surface area contributed by atoms with E-state index in [1.807, 2.05) is 6.07 Å². The molecule has 10 rings (SSSR count). The van der Waals surface area contributed by atoms with Crippen LogP contribution in [-0.2, 0) is 6.61 Å². The van der Waals surface area contributed by atoms with Crippen LogP contribution >= 0.6 is 0 Å². The molecule has 3 heteroatoms. The number of anilines is 4. The lowest BCUT2D eigenvalue weighted by Crippen LogP contribution is -2.09. The van der Waals surface area contributed by atoms with E-state index < -0.39 is 0 Å². The molecule has 58 heavy (non-hydrogen) atoms. The summed E-state index contributed by atoms with van der Waals surface area (Å²) in [5.74, 6) is 0.718. The Morgan fingerprint density at radius 1 is 0.362 bits per heavy atom. The van der Waals surface area contributed by atoms with Crippen LogP contribution in [0.1, 0.15) is 5.56 Å². The number of rotatable bonds is 9. The first kappa shape index (κ1) is 34.8. The van der Waals surface area contributed by atoms with Crippen LogP contribution in [0.5, 0.6) is 5.75 Å². The summed E-state index contributed by atoms with van der Waals surface area (Å²) in [5.41, 5.74) is 18.7. The minimum atomic E-state index is 0.440. The smallest absolute Gasteiger partial charge is 0.150 e. The third kappa shape index (κ3) is 6.69. The first-order valence-electron chi connectivity index (χ1n) is 19.7. The van der Waals surface area contributed by atoms with Gasteiger partial charge in [0.25, 0.3) is 0 Å². The maximum Gasteiger partial charge on any atom is 0.150 e. The number of nitrogens with zero attached hydrogens (tertiary/aromatic N) is 1. The molecule has 0 bridgehead atoms. The van der Waals surface area contributed by atoms with Crippen molar-refractivity contribution in [3.05, 3.63) is 224 Å². The summed E-state index contributed by atoms with van der Waals surface area (Å²) in [6, 6.07) is 77.5. The molecule has 0 aliphatic rings. The van der Waals surface area contributed by atoms with E-state index in [1.165, 1.54) is 49.4 Å². The minimum absolute atomic E-state index is 0.440. The van der Waals surface area contributed by atoms with E-state index in [1.54, 1.807) is 0 Å². The Morgan fingerprint density at radius 3 is 1.60 bits per heavy atom. The number of ether oxygens (including phenoxy) is 1. The summed E-state index contributed by atoms with van der Waals surface area (Å²) >= 11 is 0. The van der Waals surface area contributed by atoms with Gasteiger partial charge in [0.05, 0.1) is 5.69 Å². The van der Waals surface area contributed by atoms with Gasteiger partial charge in [-0.3, -0.25) is 0 Å². The number of fused-ring (bicyclic) bond motifs is 3. The van der Waals surface area contributed by atoms with Crippen molar-refractivity contribution in [2.24, 2.45) is 0 Å². The molecule has 10 aromatic rings. The number of nitrogens with two attached hydrogens (primary N) is 1. The predicted octanol–water partition coefficient (Wildman–Crippen LogP) is 14.8. The molecule has 0 aliphatic heterocycles. The van der Waals surface area contributed by atoms with E-state index in [-0.39, 0.29) is 0 Å². The quantitative estimate of drug-likeness (QED) is 0.150. The highest BCUT2D eigenvalue weighted by Crippen LogP contribution is 2.41. The van der Waals surface area contributed by atoms with Gasteiger partial charge in [-0.15, -0.1) is 0 Å². The van der Waals surface area contributed by atoms with Gasteiger partial charge in [-0.2, -0.15) is 0 Å². The van der Waals surface area contributed by atoms with E-state index in [0.29, 0.717) is 12.3 Å². The van der Waals surface area contributed by atoms with Gasteiger partial charge in [0, 0.05) is 22.4 Å². The van der Waals surface area contributed by atoms with Crippen molar-refractivity contribution in [1.82, 2.24) is 0 Å². The van der Waals surface area contributed by atoms with E-state index in [2.05, 4.69) is 217 Å². The highest BCUT2D eigenvalue weighted by atomic mass is 16.5. The zero-order valence-corrected chi connectivity index (χ0v) is 31.9. The largest absolute Gasteiger partial charge is 0.486 e. The summed E-state index contributed by atoms with van der Waals surface area (Å²) in [6.45, 7) is 0.440. The number of nitrogen functional groups attached to an aromatic ring is 1. The van der Waals surface area contributed by atoms with Crippen molar-refractivity contribution in [3.8, 4) is 39.1 Å². The fourth-order valence-electron chi connectivity index (χ4n) is 8.18. The van der Waals surface area contributed by atoms with Crippen LogP contribution in [0.3, 0.4) is 0 Å². The Kier molecular flexibility index (Phi) is 9.09. The van der Waals surface area contributed by atoms with Gasteiger partial charge in [-0.1, -0.05) is 158 Å². The third-order valence-electron chi connectivity index (χ3n) is 11.1. The molecule has 0 atom stereocenters. The number of para-hydroxylation sites is 1. The van der Waals surface area contributed by atoms with Gasteiger partial charge in [0.2, 0.25) is 0 Å². The Bertz CT molecular complexity index is 3050. The molecule has 0 saturated carbocycles. The average molecular weight is 745 g/mol. The zero-order valence-electron chi connectivity index (χ0n) is 31.9. The summed E-state index contributed by atoms with van der Waals surface area (Å²) in [5, 5.41) is 6.92. The lowest BCUT2D eigenvalue weighted by molar-refractivity contribution is 0.312. The molecule has 0 fully saturated rings. The molecule has 10 aromatic carbocycles. The second-order valence-corrected chi connectivity index (χ2v) is 14.7. The van der Waals surface area contributed by atoms with Crippen LogP contribution < -0.4 is 15.4 Å². The molecule has 0 heterocycles. The molecule has 0 amide bonds. The van der Waals surface area contributed by atoms with Crippen molar-refractivity contribution < 1.29 is 4.74 Å². The topological polar surface area (TPSA) is 38.5 Å². The molecule has 276 valence electrons. The molecular weight excluding hydrogens is 705 g/mol. The summed E-state index contributed by atoms with van der Waals surface area (Å²) in [4.78, 5) is 2.31. The van der Waals surface area contributed by atoms with Crippen molar-refractivity contribution in [2.45, 2.75) is 6.61 Å². The lowest BCUT2D eigenvalue weighted by atomic mass is 9.91. The monoisotopic (exact) mass is 744 g/mol. The highest BCUT2D eigenvalue weighted by Gasteiger charge is 2.16. The molecule has 0 unspecified atom stereocenters. The first-order chi connectivity index (χ1) is 28.7. The van der Waals surface area contributed by atoms with Gasteiger partial charge < -0.3 is 15.4 Å². The van der Waals surface area contributed by atoms with Gasteiger partial charge in [-0.05, 0) is 127 Å². The fraction of sp³-hybridized carbons (Fsp3) is 0.0182. The van der Waals surface area contributed by atoms with Crippen LogP contribution in [0.2, 0.25) is 0 Å². The lowest BCUT2D eigenvalue weighted by Gasteiger charge is -2.26. The summed E-state index contributed by atoms with van der Waals surface area (Å²) in [7, 11) is 0. The number of benzene rings is 10. The highest BCUT2D eigenvalue weighted by molar-refractivity contribution is 6.06. The normalized spacial score (nSPS) is 11.2. The van der Waals surface area contributed by atoms with E-state index in [0.717, 1.165) is 44.7 Å². The maximum atomic E-state index is 6.52.